The van der Waals surface area contributed by atoms with Crippen LogP contribution in [0.4, 0.5) is 5.69 Å². The number of amides is 2. The van der Waals surface area contributed by atoms with Crippen LogP contribution in [-0.4, -0.2) is 56.9 Å². The molecule has 160 valence electrons. The molecule has 0 bridgehead atoms. The summed E-state index contributed by atoms with van der Waals surface area (Å²) in [6.45, 7) is 3.45. The third-order valence-electron chi connectivity index (χ3n) is 4.68. The molecule has 3 rings (SSSR count). The molecule has 9 nitrogen and oxygen atoms in total. The number of hydrogen-bond acceptors (Lipinski definition) is 6. The smallest absolute Gasteiger partial charge is 0.269 e. The van der Waals surface area contributed by atoms with E-state index >= 15 is 0 Å². The van der Waals surface area contributed by atoms with Gasteiger partial charge in [0, 0.05) is 18.8 Å². The van der Waals surface area contributed by atoms with Crippen LogP contribution < -0.4 is 5.32 Å². The van der Waals surface area contributed by atoms with Crippen molar-refractivity contribution < 1.29 is 26.4 Å². The number of nitrogens with one attached hydrogen (secondary N) is 1. The Labute approximate surface area is 175 Å². The number of fused-ring (bicyclic) bond motifs is 1. The highest BCUT2D eigenvalue weighted by Crippen LogP contribution is 2.29. The molecule has 2 aromatic rings. The van der Waals surface area contributed by atoms with Gasteiger partial charge in [0.1, 0.15) is 11.4 Å². The summed E-state index contributed by atoms with van der Waals surface area (Å²) in [6.07, 6.45) is 0. The first-order chi connectivity index (χ1) is 14.1. The normalized spacial score (nSPS) is 15.3. The van der Waals surface area contributed by atoms with Crippen LogP contribution in [0.15, 0.2) is 58.3 Å². The van der Waals surface area contributed by atoms with Crippen LogP contribution in [0.5, 0.6) is 0 Å². The topological polar surface area (TPSA) is 121 Å². The molecule has 2 aromatic carbocycles. The van der Waals surface area contributed by atoms with Gasteiger partial charge in [0.15, 0.2) is 0 Å². The summed E-state index contributed by atoms with van der Waals surface area (Å²) in [7, 11) is -7.72. The second-order valence-electron chi connectivity index (χ2n) is 6.47. The predicted molar refractivity (Wildman–Crippen MR) is 110 cm³/mol. The highest BCUT2D eigenvalue weighted by atomic mass is 32.2. The third kappa shape index (κ3) is 3.83. The van der Waals surface area contributed by atoms with Gasteiger partial charge in [0.2, 0.25) is 15.9 Å². The first kappa shape index (κ1) is 21.9. The van der Waals surface area contributed by atoms with E-state index in [1.54, 1.807) is 19.9 Å². The van der Waals surface area contributed by atoms with Crippen molar-refractivity contribution in [3.05, 3.63) is 54.1 Å². The van der Waals surface area contributed by atoms with Crippen LogP contribution in [0, 0.1) is 0 Å². The lowest BCUT2D eigenvalue weighted by molar-refractivity contribution is -0.116. The molecule has 1 N–H and O–H groups in total. The van der Waals surface area contributed by atoms with E-state index in [2.05, 4.69) is 5.32 Å². The maximum absolute atomic E-state index is 12.5. The van der Waals surface area contributed by atoms with E-state index in [0.29, 0.717) is 17.4 Å². The Morgan fingerprint density at radius 3 is 2.20 bits per heavy atom. The highest BCUT2D eigenvalue weighted by Gasteiger charge is 2.41. The van der Waals surface area contributed by atoms with Crippen molar-refractivity contribution in [1.82, 2.24) is 8.61 Å². The molecule has 0 aliphatic carbocycles. The van der Waals surface area contributed by atoms with Gasteiger partial charge in [-0.05, 0) is 36.4 Å². The SMILES string of the molecule is CCN(CC)S(=O)(=O)c1ccc(NC(=O)CN2C(=O)c3ccccc3S2(=O)=O)cc1. The molecule has 2 amide bonds. The fourth-order valence-electron chi connectivity index (χ4n) is 3.14. The van der Waals surface area contributed by atoms with Crippen LogP contribution >= 0.6 is 0 Å². The zero-order chi connectivity index (χ0) is 22.1. The molecule has 30 heavy (non-hydrogen) atoms. The molecule has 1 aliphatic rings. The van der Waals surface area contributed by atoms with Crippen molar-refractivity contribution in [2.75, 3.05) is 25.0 Å². The summed E-state index contributed by atoms with van der Waals surface area (Å²) >= 11 is 0. The van der Waals surface area contributed by atoms with Crippen LogP contribution in [0.2, 0.25) is 0 Å². The van der Waals surface area contributed by atoms with Crippen molar-refractivity contribution in [3.63, 3.8) is 0 Å². The van der Waals surface area contributed by atoms with Gasteiger partial charge in [0.05, 0.1) is 10.5 Å². The van der Waals surface area contributed by atoms with Gasteiger partial charge < -0.3 is 5.32 Å². The molecular formula is C19H21N3O6S2. The lowest BCUT2D eigenvalue weighted by Crippen LogP contribution is -2.37. The number of anilines is 1. The van der Waals surface area contributed by atoms with E-state index in [-0.39, 0.29) is 21.0 Å². The van der Waals surface area contributed by atoms with Crippen molar-refractivity contribution >= 4 is 37.5 Å². The van der Waals surface area contributed by atoms with Crippen molar-refractivity contribution in [3.8, 4) is 0 Å². The minimum absolute atomic E-state index is 0.0243. The van der Waals surface area contributed by atoms with Crippen LogP contribution in [-0.2, 0) is 24.8 Å². The van der Waals surface area contributed by atoms with E-state index in [4.69, 9.17) is 0 Å². The summed E-state index contributed by atoms with van der Waals surface area (Å²) in [5.41, 5.74) is 0.302. The molecule has 1 heterocycles. The van der Waals surface area contributed by atoms with E-state index < -0.39 is 38.4 Å². The van der Waals surface area contributed by atoms with E-state index in [9.17, 15) is 26.4 Å². The van der Waals surface area contributed by atoms with Crippen LogP contribution in [0.1, 0.15) is 24.2 Å². The number of nitrogens with zero attached hydrogens (tertiary/aromatic N) is 2. The first-order valence-electron chi connectivity index (χ1n) is 9.19. The van der Waals surface area contributed by atoms with Gasteiger partial charge in [-0.25, -0.2) is 21.1 Å². The van der Waals surface area contributed by atoms with E-state index in [0.717, 1.165) is 0 Å². The summed E-state index contributed by atoms with van der Waals surface area (Å²) in [4.78, 5) is 24.7. The second-order valence-corrected chi connectivity index (χ2v) is 10.2. The van der Waals surface area contributed by atoms with E-state index in [1.165, 1.54) is 46.8 Å². The van der Waals surface area contributed by atoms with Crippen LogP contribution in [0.3, 0.4) is 0 Å². The Kier molecular flexibility index (Phi) is 5.97. The Morgan fingerprint density at radius 1 is 1.03 bits per heavy atom. The van der Waals surface area contributed by atoms with Crippen LogP contribution in [0.25, 0.3) is 0 Å². The van der Waals surface area contributed by atoms with Gasteiger partial charge in [-0.3, -0.25) is 9.59 Å². The lowest BCUT2D eigenvalue weighted by Gasteiger charge is -2.18. The van der Waals surface area contributed by atoms with Crippen molar-refractivity contribution in [2.24, 2.45) is 0 Å². The molecule has 0 unspecified atom stereocenters. The summed E-state index contributed by atoms with van der Waals surface area (Å²) in [5, 5.41) is 2.48. The molecule has 0 saturated carbocycles. The fourth-order valence-corrected chi connectivity index (χ4v) is 6.12. The summed E-state index contributed by atoms with van der Waals surface area (Å²) in [5.74, 6) is -1.49. The molecule has 0 fully saturated rings. The van der Waals surface area contributed by atoms with Crippen molar-refractivity contribution in [2.45, 2.75) is 23.6 Å². The molecule has 11 heteroatoms. The predicted octanol–water partition coefficient (Wildman–Crippen LogP) is 1.50. The zero-order valence-corrected chi connectivity index (χ0v) is 18.0. The average Bonchev–Trinajstić information content (AvgIpc) is 2.90. The van der Waals surface area contributed by atoms with Gasteiger partial charge in [0.25, 0.3) is 15.9 Å². The largest absolute Gasteiger partial charge is 0.325 e. The second kappa shape index (κ2) is 8.17. The monoisotopic (exact) mass is 451 g/mol. The molecule has 0 atom stereocenters. The zero-order valence-electron chi connectivity index (χ0n) is 16.4. The molecule has 1 aliphatic heterocycles. The number of hydrogen-bond donors (Lipinski definition) is 1. The maximum atomic E-state index is 12.5. The Balaban J connectivity index is 1.73. The Bertz CT molecular complexity index is 1190. The molecule has 0 spiro atoms. The minimum Gasteiger partial charge on any atom is -0.325 e. The van der Waals surface area contributed by atoms with Gasteiger partial charge in [-0.2, -0.15) is 4.31 Å². The average molecular weight is 452 g/mol. The van der Waals surface area contributed by atoms with Gasteiger partial charge in [-0.15, -0.1) is 0 Å². The fraction of sp³-hybridized carbons (Fsp3) is 0.263. The third-order valence-corrected chi connectivity index (χ3v) is 8.53. The van der Waals surface area contributed by atoms with E-state index in [1.807, 2.05) is 0 Å². The van der Waals surface area contributed by atoms with Gasteiger partial charge >= 0.3 is 0 Å². The Hall–Kier alpha value is -2.76. The summed E-state index contributed by atoms with van der Waals surface area (Å²) in [6, 6.07) is 11.3. The molecule has 0 aromatic heterocycles. The first-order valence-corrected chi connectivity index (χ1v) is 12.1. The Morgan fingerprint density at radius 2 is 1.63 bits per heavy atom. The quantitative estimate of drug-likeness (QED) is 0.681. The van der Waals surface area contributed by atoms with Gasteiger partial charge in [-0.1, -0.05) is 26.0 Å². The molecule has 0 saturated heterocycles. The molecule has 0 radical (unpaired) electrons. The number of benzene rings is 2. The minimum atomic E-state index is -4.09. The number of carbonyl (C=O) groups excluding carboxylic acids is 2. The molecular weight excluding hydrogens is 430 g/mol. The number of rotatable bonds is 7. The maximum Gasteiger partial charge on any atom is 0.269 e. The standard InChI is InChI=1S/C19H21N3O6S2/c1-3-21(4-2)29(25,26)15-11-9-14(10-12-15)20-18(23)13-22-19(24)16-7-5-6-8-17(16)30(22,27)28/h5-12H,3-4,13H2,1-2H3,(H,20,23). The number of sulfonamides is 2. The summed E-state index contributed by atoms with van der Waals surface area (Å²) < 4.78 is 51.9. The lowest BCUT2D eigenvalue weighted by atomic mass is 10.2. The van der Waals surface area contributed by atoms with Crippen molar-refractivity contribution in [1.29, 1.82) is 0 Å². The highest BCUT2D eigenvalue weighted by molar-refractivity contribution is 7.90. The number of carbonyl (C=O) groups is 2.